The van der Waals surface area contributed by atoms with Crippen LogP contribution < -0.4 is 14.4 Å². The molecule has 0 spiro atoms. The Labute approximate surface area is 163 Å². The molecule has 1 aromatic carbocycles. The summed E-state index contributed by atoms with van der Waals surface area (Å²) in [4.78, 5) is 29.2. The molecular formula is C21H24N2O5. The third kappa shape index (κ3) is 3.44. The molecule has 0 radical (unpaired) electrons. The highest BCUT2D eigenvalue weighted by Crippen LogP contribution is 2.37. The Morgan fingerprint density at radius 3 is 2.71 bits per heavy atom. The van der Waals surface area contributed by atoms with Crippen molar-refractivity contribution < 1.29 is 23.5 Å². The smallest absolute Gasteiger partial charge is 0.231 e. The number of ether oxygens (including phenoxy) is 2. The maximum atomic E-state index is 13.2. The molecule has 0 aliphatic carbocycles. The standard InChI is InChI=1S/C21H24N2O5/c1-13(2)22(11-17-6-4-14(3)28-17)21(25)15-8-20(24)23(10-15)16-5-7-18-19(9-16)27-12-26-18/h4-7,9,13,15H,8,10-12H2,1-3H3. The van der Waals surface area contributed by atoms with Crippen molar-refractivity contribution in [3.05, 3.63) is 41.9 Å². The highest BCUT2D eigenvalue weighted by atomic mass is 16.7. The third-order valence-electron chi connectivity index (χ3n) is 5.17. The number of carbonyl (C=O) groups is 2. The second-order valence-electron chi connectivity index (χ2n) is 7.52. The van der Waals surface area contributed by atoms with E-state index in [1.165, 1.54) is 0 Å². The van der Waals surface area contributed by atoms with E-state index in [0.29, 0.717) is 24.6 Å². The van der Waals surface area contributed by atoms with Gasteiger partial charge in [-0.15, -0.1) is 0 Å². The van der Waals surface area contributed by atoms with Crippen LogP contribution in [-0.2, 0) is 16.1 Å². The zero-order chi connectivity index (χ0) is 19.8. The number of amides is 2. The van der Waals surface area contributed by atoms with Crippen molar-refractivity contribution in [2.75, 3.05) is 18.2 Å². The van der Waals surface area contributed by atoms with E-state index < -0.39 is 0 Å². The fourth-order valence-electron chi connectivity index (χ4n) is 3.66. The van der Waals surface area contributed by atoms with Crippen LogP contribution in [-0.4, -0.2) is 36.1 Å². The first-order valence-electron chi connectivity index (χ1n) is 9.48. The van der Waals surface area contributed by atoms with Gasteiger partial charge >= 0.3 is 0 Å². The molecule has 0 N–H and O–H groups in total. The monoisotopic (exact) mass is 384 g/mol. The lowest BCUT2D eigenvalue weighted by molar-refractivity contribution is -0.138. The number of hydrogen-bond acceptors (Lipinski definition) is 5. The van der Waals surface area contributed by atoms with Crippen molar-refractivity contribution in [2.45, 2.75) is 39.8 Å². The zero-order valence-electron chi connectivity index (χ0n) is 16.3. The summed E-state index contributed by atoms with van der Waals surface area (Å²) in [6, 6.07) is 9.19. The number of fused-ring (bicyclic) bond motifs is 1. The minimum atomic E-state index is -0.378. The summed E-state index contributed by atoms with van der Waals surface area (Å²) in [6.07, 6.45) is 0.202. The molecule has 1 saturated heterocycles. The number of carbonyl (C=O) groups excluding carboxylic acids is 2. The Bertz CT molecular complexity index is 904. The van der Waals surface area contributed by atoms with Crippen LogP contribution >= 0.6 is 0 Å². The minimum absolute atomic E-state index is 0.00704. The number of benzene rings is 1. The Morgan fingerprint density at radius 2 is 2.00 bits per heavy atom. The highest BCUT2D eigenvalue weighted by molar-refractivity contribution is 6.00. The van der Waals surface area contributed by atoms with Crippen molar-refractivity contribution in [2.24, 2.45) is 5.92 Å². The molecule has 0 bridgehead atoms. The molecular weight excluding hydrogens is 360 g/mol. The summed E-state index contributed by atoms with van der Waals surface area (Å²) < 4.78 is 16.4. The second-order valence-corrected chi connectivity index (χ2v) is 7.52. The molecule has 28 heavy (non-hydrogen) atoms. The van der Waals surface area contributed by atoms with Gasteiger partial charge in [-0.2, -0.15) is 0 Å². The van der Waals surface area contributed by atoms with Gasteiger partial charge in [0.25, 0.3) is 0 Å². The van der Waals surface area contributed by atoms with Crippen molar-refractivity contribution >= 4 is 17.5 Å². The maximum Gasteiger partial charge on any atom is 0.231 e. The van der Waals surface area contributed by atoms with Crippen molar-refractivity contribution in [3.63, 3.8) is 0 Å². The van der Waals surface area contributed by atoms with Gasteiger partial charge in [-0.1, -0.05) is 0 Å². The number of nitrogens with zero attached hydrogens (tertiary/aromatic N) is 2. The van der Waals surface area contributed by atoms with Gasteiger partial charge in [0.05, 0.1) is 12.5 Å². The normalized spacial score (nSPS) is 18.2. The van der Waals surface area contributed by atoms with Gasteiger partial charge in [0.2, 0.25) is 18.6 Å². The quantitative estimate of drug-likeness (QED) is 0.792. The first kappa shape index (κ1) is 18.4. The van der Waals surface area contributed by atoms with E-state index in [1.807, 2.05) is 39.0 Å². The average Bonchev–Trinajstić information content (AvgIpc) is 3.37. The largest absolute Gasteiger partial charge is 0.464 e. The number of anilines is 1. The summed E-state index contributed by atoms with van der Waals surface area (Å²) in [5.41, 5.74) is 0.724. The Hall–Kier alpha value is -2.96. The SMILES string of the molecule is Cc1ccc(CN(C(=O)C2CC(=O)N(c3ccc4c(c3)OCO4)C2)C(C)C)o1. The van der Waals surface area contributed by atoms with E-state index in [9.17, 15) is 9.59 Å². The molecule has 0 saturated carbocycles. The van der Waals surface area contributed by atoms with Crippen molar-refractivity contribution in [1.82, 2.24) is 4.90 Å². The van der Waals surface area contributed by atoms with Gasteiger partial charge in [0.1, 0.15) is 11.5 Å². The average molecular weight is 384 g/mol. The summed E-state index contributed by atoms with van der Waals surface area (Å²) in [5, 5.41) is 0. The molecule has 2 aliphatic rings. The molecule has 2 amide bonds. The fourth-order valence-corrected chi connectivity index (χ4v) is 3.66. The van der Waals surface area contributed by atoms with Gasteiger partial charge in [-0.05, 0) is 45.0 Å². The van der Waals surface area contributed by atoms with Crippen LogP contribution in [0.3, 0.4) is 0 Å². The lowest BCUT2D eigenvalue weighted by Gasteiger charge is -2.28. The minimum Gasteiger partial charge on any atom is -0.464 e. The van der Waals surface area contributed by atoms with Crippen LogP contribution in [0.25, 0.3) is 0 Å². The van der Waals surface area contributed by atoms with E-state index in [1.54, 1.807) is 21.9 Å². The van der Waals surface area contributed by atoms with Gasteiger partial charge in [-0.3, -0.25) is 9.59 Å². The molecule has 1 fully saturated rings. The maximum absolute atomic E-state index is 13.2. The Balaban J connectivity index is 1.49. The van der Waals surface area contributed by atoms with Gasteiger partial charge in [-0.25, -0.2) is 0 Å². The number of rotatable bonds is 5. The molecule has 1 aromatic heterocycles. The van der Waals surface area contributed by atoms with Crippen LogP contribution in [0, 0.1) is 12.8 Å². The van der Waals surface area contributed by atoms with Crippen LogP contribution in [0.15, 0.2) is 34.7 Å². The van der Waals surface area contributed by atoms with E-state index in [0.717, 1.165) is 17.2 Å². The molecule has 3 heterocycles. The van der Waals surface area contributed by atoms with Gasteiger partial charge in [0.15, 0.2) is 11.5 Å². The number of hydrogen-bond donors (Lipinski definition) is 0. The first-order valence-corrected chi connectivity index (χ1v) is 9.48. The Morgan fingerprint density at radius 1 is 1.21 bits per heavy atom. The highest BCUT2D eigenvalue weighted by Gasteiger charge is 2.38. The van der Waals surface area contributed by atoms with E-state index in [2.05, 4.69) is 0 Å². The van der Waals surface area contributed by atoms with Crippen LogP contribution in [0.2, 0.25) is 0 Å². The number of aryl methyl sites for hydroxylation is 1. The Kier molecular flexibility index (Phi) is 4.75. The topological polar surface area (TPSA) is 72.2 Å². The molecule has 7 nitrogen and oxygen atoms in total. The molecule has 1 unspecified atom stereocenters. The summed E-state index contributed by atoms with van der Waals surface area (Å²) in [5.74, 6) is 2.39. The van der Waals surface area contributed by atoms with Crippen LogP contribution in [0.5, 0.6) is 11.5 Å². The lowest BCUT2D eigenvalue weighted by atomic mass is 10.1. The van der Waals surface area contributed by atoms with Crippen LogP contribution in [0.1, 0.15) is 31.8 Å². The van der Waals surface area contributed by atoms with Gasteiger partial charge < -0.3 is 23.7 Å². The summed E-state index contributed by atoms with van der Waals surface area (Å²) in [6.45, 7) is 6.77. The van der Waals surface area contributed by atoms with Crippen molar-refractivity contribution in [1.29, 1.82) is 0 Å². The fraction of sp³-hybridized carbons (Fsp3) is 0.429. The molecule has 1 atom stereocenters. The summed E-state index contributed by atoms with van der Waals surface area (Å²) >= 11 is 0. The van der Waals surface area contributed by atoms with Crippen LogP contribution in [0.4, 0.5) is 5.69 Å². The zero-order valence-corrected chi connectivity index (χ0v) is 16.3. The molecule has 148 valence electrons. The number of furan rings is 1. The third-order valence-corrected chi connectivity index (χ3v) is 5.17. The van der Waals surface area contributed by atoms with E-state index >= 15 is 0 Å². The van der Waals surface area contributed by atoms with Gasteiger partial charge in [0, 0.05) is 30.8 Å². The molecule has 2 aliphatic heterocycles. The second kappa shape index (κ2) is 7.22. The first-order chi connectivity index (χ1) is 13.4. The predicted octanol–water partition coefficient (Wildman–Crippen LogP) is 3.11. The van der Waals surface area contributed by atoms with Crippen molar-refractivity contribution in [3.8, 4) is 11.5 Å². The van der Waals surface area contributed by atoms with E-state index in [-0.39, 0.29) is 37.0 Å². The summed E-state index contributed by atoms with van der Waals surface area (Å²) in [7, 11) is 0. The lowest BCUT2D eigenvalue weighted by Crippen LogP contribution is -2.41. The molecule has 4 rings (SSSR count). The molecule has 7 heteroatoms. The predicted molar refractivity (Wildman–Crippen MR) is 102 cm³/mol. The molecule has 2 aromatic rings. The van der Waals surface area contributed by atoms with E-state index in [4.69, 9.17) is 13.9 Å².